The molecule has 0 unspecified atom stereocenters. The summed E-state index contributed by atoms with van der Waals surface area (Å²) in [5, 5.41) is 19.3. The normalized spacial score (nSPS) is 10.4. The van der Waals surface area contributed by atoms with E-state index in [9.17, 15) is 14.5 Å². The molecule has 0 spiro atoms. The lowest BCUT2D eigenvalue weighted by Gasteiger charge is -1.97. The number of nitro benzene ring substituents is 1. The maximum Gasteiger partial charge on any atom is 0.306 e. The Morgan fingerprint density at radius 1 is 1.25 bits per heavy atom. The topological polar surface area (TPSA) is 79.3 Å². The minimum atomic E-state index is -0.896. The van der Waals surface area contributed by atoms with Crippen LogP contribution >= 0.6 is 0 Å². The Hall–Kier alpha value is -3.07. The van der Waals surface area contributed by atoms with Crippen LogP contribution in [-0.2, 0) is 0 Å². The van der Waals surface area contributed by atoms with Crippen molar-refractivity contribution in [3.8, 4) is 6.07 Å². The molecule has 2 aromatic rings. The van der Waals surface area contributed by atoms with E-state index in [2.05, 4.69) is 4.99 Å². The van der Waals surface area contributed by atoms with Gasteiger partial charge in [-0.15, -0.1) is 0 Å². The molecule has 0 aliphatic rings. The average Bonchev–Trinajstić information content (AvgIpc) is 2.46. The van der Waals surface area contributed by atoms with Crippen LogP contribution in [0.15, 0.2) is 47.5 Å². The standard InChI is InChI=1S/C14H8FN3O2/c15-13-6-5-12(7-14(13)18(19)20)17-9-11-3-1-10(8-16)2-4-11/h1-7,9H. The van der Waals surface area contributed by atoms with Gasteiger partial charge in [-0.2, -0.15) is 9.65 Å². The summed E-state index contributed by atoms with van der Waals surface area (Å²) < 4.78 is 13.1. The fraction of sp³-hybridized carbons (Fsp3) is 0. The van der Waals surface area contributed by atoms with Crippen molar-refractivity contribution < 1.29 is 9.31 Å². The van der Waals surface area contributed by atoms with Crippen LogP contribution in [0.25, 0.3) is 0 Å². The summed E-state index contributed by atoms with van der Waals surface area (Å²) in [5.41, 5.74) is 0.928. The highest BCUT2D eigenvalue weighted by Crippen LogP contribution is 2.23. The third kappa shape index (κ3) is 3.03. The molecule has 0 N–H and O–H groups in total. The smallest absolute Gasteiger partial charge is 0.258 e. The molecular weight excluding hydrogens is 261 g/mol. The Labute approximate surface area is 113 Å². The van der Waals surface area contributed by atoms with Crippen LogP contribution in [0, 0.1) is 27.3 Å². The van der Waals surface area contributed by atoms with Gasteiger partial charge in [0.2, 0.25) is 5.82 Å². The first-order valence-electron chi connectivity index (χ1n) is 5.58. The number of hydrogen-bond donors (Lipinski definition) is 0. The Kier molecular flexibility index (Phi) is 3.82. The van der Waals surface area contributed by atoms with Gasteiger partial charge in [0.1, 0.15) is 0 Å². The molecule has 20 heavy (non-hydrogen) atoms. The lowest BCUT2D eigenvalue weighted by atomic mass is 10.2. The van der Waals surface area contributed by atoms with E-state index in [0.29, 0.717) is 5.56 Å². The van der Waals surface area contributed by atoms with Gasteiger partial charge >= 0.3 is 5.69 Å². The molecule has 0 amide bonds. The number of hydrogen-bond acceptors (Lipinski definition) is 4. The van der Waals surface area contributed by atoms with Crippen molar-refractivity contribution in [2.45, 2.75) is 0 Å². The van der Waals surface area contributed by atoms with E-state index in [0.717, 1.165) is 17.7 Å². The molecule has 0 aliphatic heterocycles. The minimum absolute atomic E-state index is 0.280. The molecule has 6 heteroatoms. The fourth-order valence-electron chi connectivity index (χ4n) is 1.51. The molecule has 0 saturated heterocycles. The van der Waals surface area contributed by atoms with Crippen LogP contribution in [0.4, 0.5) is 15.8 Å². The summed E-state index contributed by atoms with van der Waals surface area (Å²) in [4.78, 5) is 13.8. The van der Waals surface area contributed by atoms with Crippen molar-refractivity contribution in [1.82, 2.24) is 0 Å². The average molecular weight is 269 g/mol. The van der Waals surface area contributed by atoms with Gasteiger partial charge < -0.3 is 0 Å². The molecule has 0 saturated carbocycles. The minimum Gasteiger partial charge on any atom is -0.258 e. The van der Waals surface area contributed by atoms with E-state index >= 15 is 0 Å². The van der Waals surface area contributed by atoms with Crippen LogP contribution in [-0.4, -0.2) is 11.1 Å². The van der Waals surface area contributed by atoms with Crippen molar-refractivity contribution in [2.75, 3.05) is 0 Å². The summed E-state index contributed by atoms with van der Waals surface area (Å²) in [6, 6.07) is 12.1. The zero-order valence-corrected chi connectivity index (χ0v) is 10.2. The van der Waals surface area contributed by atoms with Crippen molar-refractivity contribution in [3.63, 3.8) is 0 Å². The van der Waals surface area contributed by atoms with Crippen molar-refractivity contribution in [3.05, 3.63) is 69.5 Å². The molecule has 0 fully saturated rings. The van der Waals surface area contributed by atoms with E-state index in [-0.39, 0.29) is 5.69 Å². The summed E-state index contributed by atoms with van der Waals surface area (Å²) in [6.07, 6.45) is 1.48. The molecule has 0 aliphatic carbocycles. The Morgan fingerprint density at radius 3 is 2.55 bits per heavy atom. The van der Waals surface area contributed by atoms with Gasteiger partial charge in [-0.05, 0) is 29.8 Å². The quantitative estimate of drug-likeness (QED) is 0.487. The van der Waals surface area contributed by atoms with Crippen LogP contribution in [0.1, 0.15) is 11.1 Å². The Morgan fingerprint density at radius 2 is 1.95 bits per heavy atom. The van der Waals surface area contributed by atoms with Crippen molar-refractivity contribution in [2.24, 2.45) is 4.99 Å². The van der Waals surface area contributed by atoms with Crippen molar-refractivity contribution in [1.29, 1.82) is 5.26 Å². The first-order valence-corrected chi connectivity index (χ1v) is 5.58. The van der Waals surface area contributed by atoms with Gasteiger partial charge in [0.25, 0.3) is 0 Å². The highest BCUT2D eigenvalue weighted by molar-refractivity contribution is 5.82. The van der Waals surface area contributed by atoms with E-state index in [1.165, 1.54) is 12.3 Å². The summed E-state index contributed by atoms with van der Waals surface area (Å²) in [7, 11) is 0. The predicted molar refractivity (Wildman–Crippen MR) is 71.5 cm³/mol. The lowest BCUT2D eigenvalue weighted by Crippen LogP contribution is -1.91. The SMILES string of the molecule is N#Cc1ccc(C=Nc2ccc(F)c([N+](=O)[O-])c2)cc1. The first-order chi connectivity index (χ1) is 9.60. The van der Waals surface area contributed by atoms with Gasteiger partial charge in [-0.25, -0.2) is 0 Å². The molecular formula is C14H8FN3O2. The zero-order chi connectivity index (χ0) is 14.5. The van der Waals surface area contributed by atoms with Gasteiger partial charge in [-0.1, -0.05) is 12.1 Å². The largest absolute Gasteiger partial charge is 0.306 e. The molecule has 0 atom stereocenters. The van der Waals surface area contributed by atoms with Crippen LogP contribution < -0.4 is 0 Å². The first kappa shape index (κ1) is 13.4. The molecule has 98 valence electrons. The molecule has 0 radical (unpaired) electrons. The molecule has 0 aromatic heterocycles. The zero-order valence-electron chi connectivity index (χ0n) is 10.2. The second kappa shape index (κ2) is 5.71. The highest BCUT2D eigenvalue weighted by Gasteiger charge is 2.13. The van der Waals surface area contributed by atoms with Gasteiger partial charge in [-0.3, -0.25) is 15.1 Å². The van der Waals surface area contributed by atoms with E-state index < -0.39 is 16.4 Å². The van der Waals surface area contributed by atoms with Crippen LogP contribution in [0.2, 0.25) is 0 Å². The van der Waals surface area contributed by atoms with Gasteiger partial charge in [0.15, 0.2) is 0 Å². The molecule has 0 bridgehead atoms. The van der Waals surface area contributed by atoms with Crippen LogP contribution in [0.3, 0.4) is 0 Å². The lowest BCUT2D eigenvalue weighted by molar-refractivity contribution is -0.387. The van der Waals surface area contributed by atoms with Gasteiger partial charge in [0.05, 0.1) is 22.2 Å². The summed E-state index contributed by atoms with van der Waals surface area (Å²) in [5.74, 6) is -0.896. The second-order valence-corrected chi connectivity index (χ2v) is 3.88. The molecule has 0 heterocycles. The van der Waals surface area contributed by atoms with E-state index in [1.54, 1.807) is 24.3 Å². The molecule has 2 rings (SSSR count). The third-order valence-electron chi connectivity index (χ3n) is 2.53. The Balaban J connectivity index is 2.25. The number of aliphatic imine (C=N–C) groups is 1. The number of nitriles is 1. The van der Waals surface area contributed by atoms with E-state index in [1.807, 2.05) is 6.07 Å². The number of benzene rings is 2. The monoisotopic (exact) mass is 269 g/mol. The summed E-state index contributed by atoms with van der Waals surface area (Å²) in [6.45, 7) is 0. The number of nitrogens with zero attached hydrogens (tertiary/aromatic N) is 3. The number of rotatable bonds is 3. The molecule has 5 nitrogen and oxygen atoms in total. The maximum absolute atomic E-state index is 13.1. The highest BCUT2D eigenvalue weighted by atomic mass is 19.1. The summed E-state index contributed by atoms with van der Waals surface area (Å²) >= 11 is 0. The number of nitro groups is 1. The molecule has 2 aromatic carbocycles. The maximum atomic E-state index is 13.1. The second-order valence-electron chi connectivity index (χ2n) is 3.88. The van der Waals surface area contributed by atoms with Gasteiger partial charge in [0, 0.05) is 12.3 Å². The third-order valence-corrected chi connectivity index (χ3v) is 2.53. The fourth-order valence-corrected chi connectivity index (χ4v) is 1.51. The predicted octanol–water partition coefficient (Wildman–Crippen LogP) is 3.36. The van der Waals surface area contributed by atoms with Crippen LogP contribution in [0.5, 0.6) is 0 Å². The van der Waals surface area contributed by atoms with Crippen molar-refractivity contribution >= 4 is 17.6 Å². The number of halogens is 1. The van der Waals surface area contributed by atoms with E-state index in [4.69, 9.17) is 5.26 Å². The Bertz CT molecular complexity index is 718.